The quantitative estimate of drug-likeness (QED) is 0.629. The standard InChI is InChI=1S/C24H29ClN2O5Si/c1-13-9-16(22(31-4)19-12-32-7-8-33-19)21(25)20-15(13)5-6-27(24(20)29)11-17-18(30-3)10-14(2)26-23(17)28/h9-10,19,22H,5-8,11-12H2,1-4H3,(H,26,28)/t19-,22+/m0/s1. The van der Waals surface area contributed by atoms with Gasteiger partial charge in [-0.15, -0.1) is 0 Å². The van der Waals surface area contributed by atoms with Crippen LogP contribution in [0.3, 0.4) is 0 Å². The number of ether oxygens (including phenoxy) is 3. The van der Waals surface area contributed by atoms with E-state index in [1.54, 1.807) is 25.0 Å². The molecule has 0 spiro atoms. The summed E-state index contributed by atoms with van der Waals surface area (Å²) in [6.07, 6.45) is 0.439. The molecule has 7 nitrogen and oxygen atoms in total. The van der Waals surface area contributed by atoms with Crippen LogP contribution in [0.15, 0.2) is 16.9 Å². The molecule has 0 unspecified atom stereocenters. The maximum Gasteiger partial charge on any atom is 0.256 e. The number of pyridine rings is 1. The van der Waals surface area contributed by atoms with E-state index < -0.39 is 0 Å². The number of H-pyrrole nitrogens is 1. The van der Waals surface area contributed by atoms with Crippen LogP contribution in [0.25, 0.3) is 0 Å². The van der Waals surface area contributed by atoms with Gasteiger partial charge in [0.25, 0.3) is 11.5 Å². The van der Waals surface area contributed by atoms with Gasteiger partial charge in [-0.05, 0) is 43.5 Å². The zero-order valence-corrected chi connectivity index (χ0v) is 21.2. The minimum atomic E-state index is -0.251. The normalized spacial score (nSPS) is 19.4. The summed E-state index contributed by atoms with van der Waals surface area (Å²) in [5, 5.41) is 0.442. The first-order chi connectivity index (χ1) is 15.8. The number of amides is 1. The smallest absolute Gasteiger partial charge is 0.256 e. The van der Waals surface area contributed by atoms with Crippen LogP contribution in [0, 0.1) is 13.8 Å². The fourth-order valence-electron chi connectivity index (χ4n) is 4.76. The Hall–Kier alpha value is -2.13. The largest absolute Gasteiger partial charge is 0.496 e. The maximum absolute atomic E-state index is 13.6. The van der Waals surface area contributed by atoms with Gasteiger partial charge >= 0.3 is 0 Å². The van der Waals surface area contributed by atoms with Gasteiger partial charge in [0.15, 0.2) is 0 Å². The molecule has 176 valence electrons. The second-order valence-electron chi connectivity index (χ2n) is 8.55. The second kappa shape index (κ2) is 10.0. The van der Waals surface area contributed by atoms with Crippen molar-refractivity contribution in [1.82, 2.24) is 9.88 Å². The van der Waals surface area contributed by atoms with Crippen molar-refractivity contribution >= 4 is 27.0 Å². The molecule has 1 N–H and O–H groups in total. The summed E-state index contributed by atoms with van der Waals surface area (Å²) in [7, 11) is 3.92. The van der Waals surface area contributed by atoms with Crippen LogP contribution < -0.4 is 10.3 Å². The number of nitrogens with zero attached hydrogens (tertiary/aromatic N) is 1. The number of hydrogen-bond acceptors (Lipinski definition) is 5. The van der Waals surface area contributed by atoms with Gasteiger partial charge in [-0.25, -0.2) is 0 Å². The van der Waals surface area contributed by atoms with Gasteiger partial charge in [0.05, 0.1) is 45.4 Å². The first kappa shape index (κ1) is 24.0. The first-order valence-corrected chi connectivity index (χ1v) is 12.7. The van der Waals surface area contributed by atoms with Crippen molar-refractivity contribution in [1.29, 1.82) is 0 Å². The third-order valence-electron chi connectivity index (χ3n) is 6.43. The third-order valence-corrected chi connectivity index (χ3v) is 8.32. The molecule has 2 atom stereocenters. The summed E-state index contributed by atoms with van der Waals surface area (Å²) in [6, 6.07) is 4.83. The Morgan fingerprint density at radius 2 is 2.09 bits per heavy atom. The number of aromatic nitrogens is 1. The van der Waals surface area contributed by atoms with E-state index in [-0.39, 0.29) is 29.7 Å². The average molecular weight is 489 g/mol. The van der Waals surface area contributed by atoms with Crippen LogP contribution in [-0.4, -0.2) is 59.3 Å². The lowest BCUT2D eigenvalue weighted by molar-refractivity contribution is 0.0470. The number of carbonyl (C=O) groups is 1. The molecule has 4 rings (SSSR count). The highest BCUT2D eigenvalue weighted by Gasteiger charge is 2.34. The molecule has 1 fully saturated rings. The molecule has 1 saturated heterocycles. The molecule has 3 heterocycles. The van der Waals surface area contributed by atoms with Crippen molar-refractivity contribution in [2.75, 3.05) is 34.0 Å². The van der Waals surface area contributed by atoms with Crippen LogP contribution in [0.1, 0.15) is 44.4 Å². The summed E-state index contributed by atoms with van der Waals surface area (Å²) < 4.78 is 17.0. The minimum Gasteiger partial charge on any atom is -0.496 e. The lowest BCUT2D eigenvalue weighted by Crippen LogP contribution is -2.39. The van der Waals surface area contributed by atoms with Gasteiger partial charge in [0.1, 0.15) is 5.75 Å². The second-order valence-corrected chi connectivity index (χ2v) is 10.6. The molecule has 2 aromatic rings. The number of aromatic amines is 1. The van der Waals surface area contributed by atoms with E-state index in [2.05, 4.69) is 11.1 Å². The predicted molar refractivity (Wildman–Crippen MR) is 128 cm³/mol. The van der Waals surface area contributed by atoms with E-state index in [0.29, 0.717) is 47.2 Å². The Labute approximate surface area is 201 Å². The van der Waals surface area contributed by atoms with Crippen molar-refractivity contribution in [2.24, 2.45) is 0 Å². The van der Waals surface area contributed by atoms with Gasteiger partial charge in [0.2, 0.25) is 0 Å². The van der Waals surface area contributed by atoms with E-state index in [9.17, 15) is 9.59 Å². The highest BCUT2D eigenvalue weighted by atomic mass is 35.5. The van der Waals surface area contributed by atoms with Crippen LogP contribution in [0.4, 0.5) is 0 Å². The Balaban J connectivity index is 1.70. The van der Waals surface area contributed by atoms with E-state index >= 15 is 0 Å². The predicted octanol–water partition coefficient (Wildman–Crippen LogP) is 3.48. The van der Waals surface area contributed by atoms with Gasteiger partial charge in [-0.3, -0.25) is 9.59 Å². The Bertz CT molecular complexity index is 1110. The number of nitrogens with one attached hydrogen (secondary N) is 1. The van der Waals surface area contributed by atoms with Crippen LogP contribution >= 0.6 is 11.6 Å². The number of hydrogen-bond donors (Lipinski definition) is 1. The highest BCUT2D eigenvalue weighted by Crippen LogP contribution is 2.41. The van der Waals surface area contributed by atoms with E-state index in [1.165, 1.54) is 7.11 Å². The molecule has 33 heavy (non-hydrogen) atoms. The summed E-state index contributed by atoms with van der Waals surface area (Å²) in [5.41, 5.74) is 4.44. The lowest BCUT2D eigenvalue weighted by Gasteiger charge is -2.34. The molecule has 9 heteroatoms. The molecular weight excluding hydrogens is 460 g/mol. The molecule has 1 aromatic heterocycles. The van der Waals surface area contributed by atoms with E-state index in [1.807, 2.05) is 6.92 Å². The van der Waals surface area contributed by atoms with Gasteiger partial charge < -0.3 is 24.1 Å². The van der Waals surface area contributed by atoms with Gasteiger partial charge in [-0.1, -0.05) is 17.7 Å². The van der Waals surface area contributed by atoms with E-state index in [0.717, 1.165) is 38.9 Å². The number of fused-ring (bicyclic) bond motifs is 1. The summed E-state index contributed by atoms with van der Waals surface area (Å²) in [4.78, 5) is 30.7. The monoisotopic (exact) mass is 488 g/mol. The molecule has 0 saturated carbocycles. The zero-order valence-electron chi connectivity index (χ0n) is 19.4. The summed E-state index contributed by atoms with van der Waals surface area (Å²) >= 11 is 6.91. The number of halogens is 1. The van der Waals surface area contributed by atoms with Crippen molar-refractivity contribution in [3.8, 4) is 5.75 Å². The molecule has 1 aromatic carbocycles. The summed E-state index contributed by atoms with van der Waals surface area (Å²) in [6.45, 7) is 5.87. The molecule has 0 bridgehead atoms. The van der Waals surface area contributed by atoms with Crippen molar-refractivity contribution in [3.63, 3.8) is 0 Å². The summed E-state index contributed by atoms with van der Waals surface area (Å²) in [5.74, 6) is 0.300. The molecule has 2 aliphatic heterocycles. The molecule has 0 aliphatic carbocycles. The number of carbonyl (C=O) groups excluding carboxylic acids is 1. The maximum atomic E-state index is 13.6. The fraction of sp³-hybridized carbons (Fsp3) is 0.500. The average Bonchev–Trinajstić information content (AvgIpc) is 2.80. The Morgan fingerprint density at radius 3 is 2.76 bits per heavy atom. The Kier molecular flexibility index (Phi) is 7.28. The van der Waals surface area contributed by atoms with Gasteiger partial charge in [0, 0.05) is 43.7 Å². The zero-order chi connectivity index (χ0) is 23.7. The lowest BCUT2D eigenvalue weighted by atomic mass is 9.89. The van der Waals surface area contributed by atoms with Crippen LogP contribution in [0.5, 0.6) is 5.75 Å². The number of methoxy groups -OCH3 is 2. The van der Waals surface area contributed by atoms with Crippen LogP contribution in [0.2, 0.25) is 16.6 Å². The molecule has 2 radical (unpaired) electrons. The van der Waals surface area contributed by atoms with Crippen molar-refractivity contribution < 1.29 is 19.0 Å². The molecule has 1 amide bonds. The van der Waals surface area contributed by atoms with Gasteiger partial charge in [-0.2, -0.15) is 0 Å². The van der Waals surface area contributed by atoms with E-state index in [4.69, 9.17) is 25.8 Å². The number of aryl methyl sites for hydroxylation is 2. The SMILES string of the molecule is COc1cc(C)[nH]c(=O)c1CN1CCc2c(C)cc([C@@H](OC)[C@@H]3COCC[Si]3)c(Cl)c2C1=O. The minimum absolute atomic E-state index is 0.155. The van der Waals surface area contributed by atoms with Crippen molar-refractivity contribution in [2.45, 2.75) is 44.5 Å². The third kappa shape index (κ3) is 4.62. The number of benzene rings is 1. The fourth-order valence-corrected chi connectivity index (χ4v) is 6.52. The number of rotatable bonds is 6. The highest BCUT2D eigenvalue weighted by molar-refractivity contribution is 6.38. The topological polar surface area (TPSA) is 80.9 Å². The van der Waals surface area contributed by atoms with Crippen LogP contribution in [-0.2, 0) is 22.4 Å². The first-order valence-electron chi connectivity index (χ1n) is 11.1. The molecule has 2 aliphatic rings. The van der Waals surface area contributed by atoms with Crippen molar-refractivity contribution in [3.05, 3.63) is 61.0 Å². The Morgan fingerprint density at radius 1 is 1.30 bits per heavy atom. The molecular formula is C24H29ClN2O5Si.